The predicted octanol–water partition coefficient (Wildman–Crippen LogP) is 5.34. The number of sulfonamides is 1. The van der Waals surface area contributed by atoms with Gasteiger partial charge in [-0.25, -0.2) is 13.4 Å². The fourth-order valence-electron chi connectivity index (χ4n) is 3.25. The summed E-state index contributed by atoms with van der Waals surface area (Å²) in [6.07, 6.45) is 0. The normalized spacial score (nSPS) is 11.5. The van der Waals surface area contributed by atoms with Gasteiger partial charge in [0.1, 0.15) is 9.90 Å². The molecule has 0 aliphatic heterocycles. The Hall–Kier alpha value is -3.23. The first-order valence-electron chi connectivity index (χ1n) is 9.60. The van der Waals surface area contributed by atoms with Crippen LogP contribution in [0, 0.1) is 13.8 Å². The van der Waals surface area contributed by atoms with Crippen LogP contribution in [0.2, 0.25) is 0 Å². The highest BCUT2D eigenvalue weighted by Crippen LogP contribution is 2.33. The third-order valence-electron chi connectivity index (χ3n) is 4.75. The maximum absolute atomic E-state index is 13.1. The summed E-state index contributed by atoms with van der Waals surface area (Å²) in [5.74, 6) is -0.336. The van der Waals surface area contributed by atoms with Gasteiger partial charge in [0.15, 0.2) is 0 Å². The van der Waals surface area contributed by atoms with Crippen molar-refractivity contribution in [3.8, 4) is 10.6 Å². The lowest BCUT2D eigenvalue weighted by Gasteiger charge is -2.15. The van der Waals surface area contributed by atoms with Crippen molar-refractivity contribution in [3.05, 3.63) is 71.8 Å². The molecule has 0 unspecified atom stereocenters. The third-order valence-corrected chi connectivity index (χ3v) is 7.24. The van der Waals surface area contributed by atoms with Crippen molar-refractivity contribution in [2.75, 3.05) is 10.0 Å². The van der Waals surface area contributed by atoms with Gasteiger partial charge in [0.05, 0.1) is 21.6 Å². The molecule has 0 bridgehead atoms. The summed E-state index contributed by atoms with van der Waals surface area (Å²) in [6.45, 7) is 4.99. The first-order valence-corrected chi connectivity index (χ1v) is 11.9. The lowest BCUT2D eigenvalue weighted by Crippen LogP contribution is -2.17. The lowest BCUT2D eigenvalue weighted by atomic mass is 10.1. The number of nitrogens with zero attached hydrogens (tertiary/aromatic N) is 1. The van der Waals surface area contributed by atoms with E-state index in [1.807, 2.05) is 43.3 Å². The Kier molecular flexibility index (Phi) is 5.51. The highest BCUT2D eigenvalue weighted by molar-refractivity contribution is 7.92. The minimum absolute atomic E-state index is 0.0253. The summed E-state index contributed by atoms with van der Waals surface area (Å²) in [6, 6.07) is 18.3. The van der Waals surface area contributed by atoms with Gasteiger partial charge in [-0.15, -0.1) is 11.3 Å². The number of benzene rings is 3. The van der Waals surface area contributed by atoms with E-state index in [-0.39, 0.29) is 16.5 Å². The molecular weight excluding hydrogens is 430 g/mol. The largest absolute Gasteiger partial charge is 0.325 e. The summed E-state index contributed by atoms with van der Waals surface area (Å²) in [4.78, 5) is 16.2. The SMILES string of the molecule is CC(=O)Nc1ccc(C)cc1S(=O)(=O)Nc1ccc(-c2nc3ccccc3s2)cc1C. The Morgan fingerprint density at radius 3 is 2.42 bits per heavy atom. The topological polar surface area (TPSA) is 88.2 Å². The summed E-state index contributed by atoms with van der Waals surface area (Å²) in [5, 5.41) is 3.47. The lowest BCUT2D eigenvalue weighted by molar-refractivity contribution is -0.114. The van der Waals surface area contributed by atoms with Crippen LogP contribution in [0.3, 0.4) is 0 Å². The van der Waals surface area contributed by atoms with Crippen LogP contribution in [0.5, 0.6) is 0 Å². The number of nitrogens with one attached hydrogen (secondary N) is 2. The van der Waals surface area contributed by atoms with Gasteiger partial charge >= 0.3 is 0 Å². The molecule has 0 aliphatic carbocycles. The van der Waals surface area contributed by atoms with Gasteiger partial charge in [-0.3, -0.25) is 9.52 Å². The zero-order valence-corrected chi connectivity index (χ0v) is 18.9. The molecule has 6 nitrogen and oxygen atoms in total. The summed E-state index contributed by atoms with van der Waals surface area (Å²) >= 11 is 1.59. The zero-order valence-electron chi connectivity index (χ0n) is 17.3. The van der Waals surface area contributed by atoms with Gasteiger partial charge in [0.25, 0.3) is 10.0 Å². The van der Waals surface area contributed by atoms with E-state index in [2.05, 4.69) is 15.0 Å². The van der Waals surface area contributed by atoms with Crippen LogP contribution in [-0.4, -0.2) is 19.3 Å². The van der Waals surface area contributed by atoms with Crippen molar-refractivity contribution in [2.24, 2.45) is 0 Å². The fraction of sp³-hybridized carbons (Fsp3) is 0.130. The maximum atomic E-state index is 13.1. The number of hydrogen-bond acceptors (Lipinski definition) is 5. The molecule has 0 radical (unpaired) electrons. The number of para-hydroxylation sites is 1. The van der Waals surface area contributed by atoms with E-state index in [4.69, 9.17) is 0 Å². The molecule has 1 amide bonds. The second-order valence-electron chi connectivity index (χ2n) is 7.30. The third kappa shape index (κ3) is 4.45. The van der Waals surface area contributed by atoms with Gasteiger partial charge in [0.2, 0.25) is 5.91 Å². The van der Waals surface area contributed by atoms with E-state index in [0.29, 0.717) is 5.69 Å². The van der Waals surface area contributed by atoms with Gasteiger partial charge in [-0.1, -0.05) is 18.2 Å². The molecule has 4 rings (SSSR count). The fourth-order valence-corrected chi connectivity index (χ4v) is 5.59. The Bertz CT molecular complexity index is 1380. The number of amides is 1. The van der Waals surface area contributed by atoms with E-state index < -0.39 is 10.0 Å². The Morgan fingerprint density at radius 2 is 1.71 bits per heavy atom. The maximum Gasteiger partial charge on any atom is 0.263 e. The van der Waals surface area contributed by atoms with Crippen molar-refractivity contribution in [1.29, 1.82) is 0 Å². The first kappa shape index (κ1) is 21.0. The number of aromatic nitrogens is 1. The Balaban J connectivity index is 1.67. The zero-order chi connectivity index (χ0) is 22.2. The smallest absolute Gasteiger partial charge is 0.263 e. The molecule has 3 aromatic carbocycles. The van der Waals surface area contributed by atoms with Crippen LogP contribution in [-0.2, 0) is 14.8 Å². The molecule has 8 heteroatoms. The van der Waals surface area contributed by atoms with Crippen molar-refractivity contribution in [3.63, 3.8) is 0 Å². The van der Waals surface area contributed by atoms with E-state index >= 15 is 0 Å². The molecule has 31 heavy (non-hydrogen) atoms. The van der Waals surface area contributed by atoms with Crippen molar-refractivity contribution >= 4 is 48.9 Å². The van der Waals surface area contributed by atoms with Crippen LogP contribution in [0.25, 0.3) is 20.8 Å². The summed E-state index contributed by atoms with van der Waals surface area (Å²) in [5.41, 5.74) is 4.13. The number of hydrogen-bond donors (Lipinski definition) is 2. The summed E-state index contributed by atoms with van der Waals surface area (Å²) < 4.78 is 30.0. The molecule has 0 saturated heterocycles. The van der Waals surface area contributed by atoms with Gasteiger partial charge < -0.3 is 5.32 Å². The average Bonchev–Trinajstić information content (AvgIpc) is 3.14. The van der Waals surface area contributed by atoms with Crippen LogP contribution >= 0.6 is 11.3 Å². The van der Waals surface area contributed by atoms with Crippen molar-refractivity contribution < 1.29 is 13.2 Å². The van der Waals surface area contributed by atoms with E-state index in [1.54, 1.807) is 42.5 Å². The molecule has 4 aromatic rings. The van der Waals surface area contributed by atoms with Crippen LogP contribution in [0.4, 0.5) is 11.4 Å². The number of thiazole rings is 1. The molecule has 158 valence electrons. The van der Waals surface area contributed by atoms with Crippen LogP contribution in [0.15, 0.2) is 65.6 Å². The quantitative estimate of drug-likeness (QED) is 0.429. The van der Waals surface area contributed by atoms with E-state index in [1.165, 1.54) is 6.92 Å². The number of anilines is 2. The van der Waals surface area contributed by atoms with E-state index in [0.717, 1.165) is 31.9 Å². The monoisotopic (exact) mass is 451 g/mol. The minimum atomic E-state index is -3.91. The number of carbonyl (C=O) groups is 1. The van der Waals surface area contributed by atoms with Crippen molar-refractivity contribution in [2.45, 2.75) is 25.7 Å². The second-order valence-corrected chi connectivity index (χ2v) is 9.98. The van der Waals surface area contributed by atoms with Gasteiger partial charge in [-0.2, -0.15) is 0 Å². The predicted molar refractivity (Wildman–Crippen MR) is 126 cm³/mol. The standard InChI is InChI=1S/C23H21N3O3S2/c1-14-8-10-20(24-16(3)27)22(12-14)31(28,29)26-18-11-9-17(13-15(18)2)23-25-19-6-4-5-7-21(19)30-23/h4-13,26H,1-3H3,(H,24,27). The number of rotatable bonds is 5. The molecule has 2 N–H and O–H groups in total. The van der Waals surface area contributed by atoms with Gasteiger partial charge in [0, 0.05) is 12.5 Å². The van der Waals surface area contributed by atoms with Crippen molar-refractivity contribution in [1.82, 2.24) is 4.98 Å². The summed E-state index contributed by atoms with van der Waals surface area (Å²) in [7, 11) is -3.91. The highest BCUT2D eigenvalue weighted by Gasteiger charge is 2.21. The van der Waals surface area contributed by atoms with Gasteiger partial charge in [-0.05, 0) is 67.4 Å². The minimum Gasteiger partial charge on any atom is -0.325 e. The second kappa shape index (κ2) is 8.13. The van der Waals surface area contributed by atoms with Crippen LogP contribution < -0.4 is 10.0 Å². The average molecular weight is 452 g/mol. The number of fused-ring (bicyclic) bond motifs is 1. The molecule has 0 spiro atoms. The number of carbonyl (C=O) groups excluding carboxylic acids is 1. The molecular formula is C23H21N3O3S2. The Morgan fingerprint density at radius 1 is 0.968 bits per heavy atom. The molecule has 0 atom stereocenters. The molecule has 0 fully saturated rings. The molecule has 0 saturated carbocycles. The molecule has 0 aliphatic rings. The van der Waals surface area contributed by atoms with Crippen LogP contribution in [0.1, 0.15) is 18.1 Å². The molecule has 1 heterocycles. The van der Waals surface area contributed by atoms with E-state index in [9.17, 15) is 13.2 Å². The highest BCUT2D eigenvalue weighted by atomic mass is 32.2. The molecule has 1 aromatic heterocycles. The number of aryl methyl sites for hydroxylation is 2. The first-order chi connectivity index (χ1) is 14.7. The Labute approximate surface area is 185 Å².